The van der Waals surface area contributed by atoms with Gasteiger partial charge in [0, 0.05) is 18.3 Å². The summed E-state index contributed by atoms with van der Waals surface area (Å²) in [7, 11) is 0. The first kappa shape index (κ1) is 30.0. The number of carbonyl (C=O) groups is 6. The number of nitrogens with one attached hydrogen (secondary N) is 4. The Hall–Kier alpha value is -4.05. The van der Waals surface area contributed by atoms with Crippen molar-refractivity contribution in [3.8, 4) is 0 Å². The van der Waals surface area contributed by atoms with E-state index in [-0.39, 0.29) is 12.8 Å². The van der Waals surface area contributed by atoms with Crippen molar-refractivity contribution in [2.75, 3.05) is 6.54 Å². The summed E-state index contributed by atoms with van der Waals surface area (Å²) >= 11 is 0. The van der Waals surface area contributed by atoms with Crippen LogP contribution in [0.4, 0.5) is 0 Å². The lowest BCUT2D eigenvalue weighted by Gasteiger charge is -2.24. The fourth-order valence-electron chi connectivity index (χ4n) is 3.05. The first-order valence-corrected chi connectivity index (χ1v) is 10.9. The number of H-pyrrole nitrogens is 1. The van der Waals surface area contributed by atoms with E-state index >= 15 is 0 Å². The molecule has 1 aromatic heterocycles. The van der Waals surface area contributed by atoms with Crippen LogP contribution in [0.25, 0.3) is 0 Å². The molecule has 4 atom stereocenters. The molecule has 0 aromatic carbocycles. The standard InChI is InChI=1S/C20H31N7O9/c21-4-2-1-3-11(22)17(32)25-13(6-15(28)29)19(34)26-12(5-10-8-23-9-24-10)18(33)27-14(20(35)36)7-16(30)31/h8-9,11-14H,1-7,21-22H2,(H,23,24)(H,25,32)(H,26,34)(H,27,33)(H,28,29)(H,30,31)(H,35,36). The van der Waals surface area contributed by atoms with Crippen molar-refractivity contribution in [3.63, 3.8) is 0 Å². The number of carboxylic acid groups (broad SMARTS) is 3. The van der Waals surface area contributed by atoms with Crippen LogP contribution < -0.4 is 27.4 Å². The van der Waals surface area contributed by atoms with Crippen LogP contribution in [-0.2, 0) is 35.2 Å². The van der Waals surface area contributed by atoms with Crippen molar-refractivity contribution < 1.29 is 44.1 Å². The quantitative estimate of drug-likeness (QED) is 0.0936. The van der Waals surface area contributed by atoms with Crippen LogP contribution >= 0.6 is 0 Å². The highest BCUT2D eigenvalue weighted by atomic mass is 16.4. The second kappa shape index (κ2) is 15.0. The molecule has 200 valence electrons. The maximum atomic E-state index is 12.9. The Morgan fingerprint density at radius 3 is 1.94 bits per heavy atom. The van der Waals surface area contributed by atoms with Crippen LogP contribution in [0.15, 0.2) is 12.5 Å². The first-order valence-electron chi connectivity index (χ1n) is 10.9. The molecule has 1 aromatic rings. The summed E-state index contributed by atoms with van der Waals surface area (Å²) < 4.78 is 0. The zero-order valence-corrected chi connectivity index (χ0v) is 19.3. The van der Waals surface area contributed by atoms with Crippen LogP contribution in [0.3, 0.4) is 0 Å². The van der Waals surface area contributed by atoms with Crippen LogP contribution in [0.1, 0.15) is 37.8 Å². The van der Waals surface area contributed by atoms with Gasteiger partial charge in [0.2, 0.25) is 17.7 Å². The molecule has 3 amide bonds. The van der Waals surface area contributed by atoms with E-state index in [2.05, 4.69) is 20.6 Å². The van der Waals surface area contributed by atoms with E-state index in [1.807, 2.05) is 5.32 Å². The average molecular weight is 514 g/mol. The Morgan fingerprint density at radius 2 is 1.42 bits per heavy atom. The Morgan fingerprint density at radius 1 is 0.861 bits per heavy atom. The van der Waals surface area contributed by atoms with Gasteiger partial charge in [-0.15, -0.1) is 0 Å². The number of aromatic nitrogens is 2. The van der Waals surface area contributed by atoms with Gasteiger partial charge in [0.1, 0.15) is 18.1 Å². The van der Waals surface area contributed by atoms with E-state index in [0.29, 0.717) is 25.1 Å². The van der Waals surface area contributed by atoms with Gasteiger partial charge in [0.05, 0.1) is 25.2 Å². The second-order valence-corrected chi connectivity index (χ2v) is 7.89. The molecule has 0 radical (unpaired) electrons. The third-order valence-electron chi connectivity index (χ3n) is 4.92. The Bertz CT molecular complexity index is 923. The van der Waals surface area contributed by atoms with Crippen molar-refractivity contribution in [2.24, 2.45) is 11.5 Å². The molecule has 4 unspecified atom stereocenters. The number of nitrogens with zero attached hydrogens (tertiary/aromatic N) is 1. The summed E-state index contributed by atoms with van der Waals surface area (Å²) in [6, 6.07) is -5.91. The molecule has 0 aliphatic rings. The number of carboxylic acids is 3. The minimum absolute atomic E-state index is 0.233. The Balaban J connectivity index is 3.03. The van der Waals surface area contributed by atoms with Crippen molar-refractivity contribution in [3.05, 3.63) is 18.2 Å². The van der Waals surface area contributed by atoms with Crippen molar-refractivity contribution >= 4 is 35.6 Å². The van der Waals surface area contributed by atoms with E-state index in [4.69, 9.17) is 16.6 Å². The van der Waals surface area contributed by atoms with Gasteiger partial charge >= 0.3 is 17.9 Å². The lowest BCUT2D eigenvalue weighted by Crippen LogP contribution is -2.58. The number of aliphatic carboxylic acids is 3. The monoisotopic (exact) mass is 513 g/mol. The Labute approximate surface area is 205 Å². The van der Waals surface area contributed by atoms with Crippen molar-refractivity contribution in [1.82, 2.24) is 25.9 Å². The molecule has 0 spiro atoms. The Kier molecular flexibility index (Phi) is 12.5. The van der Waals surface area contributed by atoms with Gasteiger partial charge in [-0.2, -0.15) is 0 Å². The van der Waals surface area contributed by atoms with Crippen LogP contribution in [0, 0.1) is 0 Å². The van der Waals surface area contributed by atoms with E-state index < -0.39 is 72.6 Å². The molecule has 0 aliphatic carbocycles. The number of nitrogens with two attached hydrogens (primary N) is 2. The van der Waals surface area contributed by atoms with E-state index in [9.17, 15) is 39.0 Å². The zero-order valence-electron chi connectivity index (χ0n) is 19.3. The van der Waals surface area contributed by atoms with E-state index in [1.54, 1.807) is 0 Å². The van der Waals surface area contributed by atoms with Gasteiger partial charge in [0.25, 0.3) is 0 Å². The van der Waals surface area contributed by atoms with Crippen LogP contribution in [0.5, 0.6) is 0 Å². The van der Waals surface area contributed by atoms with Crippen molar-refractivity contribution in [1.29, 1.82) is 0 Å². The minimum Gasteiger partial charge on any atom is -0.481 e. The second-order valence-electron chi connectivity index (χ2n) is 7.89. The molecular weight excluding hydrogens is 482 g/mol. The SMILES string of the molecule is NCCCCC(N)C(=O)NC(CC(=O)O)C(=O)NC(Cc1cnc[nH]1)C(=O)NC(CC(=O)O)C(=O)O. The smallest absolute Gasteiger partial charge is 0.326 e. The number of hydrogen-bond donors (Lipinski definition) is 9. The number of carbonyl (C=O) groups excluding carboxylic acids is 3. The molecule has 36 heavy (non-hydrogen) atoms. The molecule has 1 heterocycles. The summed E-state index contributed by atoms with van der Waals surface area (Å²) in [5.41, 5.74) is 11.5. The fraction of sp³-hybridized carbons (Fsp3) is 0.550. The number of hydrogen-bond acceptors (Lipinski definition) is 9. The van der Waals surface area contributed by atoms with Gasteiger partial charge in [-0.3, -0.25) is 24.0 Å². The predicted molar refractivity (Wildman–Crippen MR) is 121 cm³/mol. The highest BCUT2D eigenvalue weighted by Crippen LogP contribution is 2.05. The molecule has 0 bridgehead atoms. The number of amides is 3. The van der Waals surface area contributed by atoms with E-state index in [0.717, 1.165) is 0 Å². The summed E-state index contributed by atoms with van der Waals surface area (Å²) in [5, 5.41) is 33.8. The average Bonchev–Trinajstić information content (AvgIpc) is 3.30. The van der Waals surface area contributed by atoms with Crippen molar-refractivity contribution in [2.45, 2.75) is 62.7 Å². The maximum absolute atomic E-state index is 12.9. The molecule has 1 rings (SSSR count). The highest BCUT2D eigenvalue weighted by Gasteiger charge is 2.32. The first-order chi connectivity index (χ1) is 16.9. The number of unbranched alkanes of at least 4 members (excludes halogenated alkanes) is 1. The van der Waals surface area contributed by atoms with Crippen LogP contribution in [-0.4, -0.2) is 91.6 Å². The normalized spacial score (nSPS) is 14.1. The predicted octanol–water partition coefficient (Wildman–Crippen LogP) is -3.10. The molecular formula is C20H31N7O9. The van der Waals surface area contributed by atoms with Gasteiger partial charge in [-0.1, -0.05) is 6.42 Å². The van der Waals surface area contributed by atoms with E-state index in [1.165, 1.54) is 12.5 Å². The largest absolute Gasteiger partial charge is 0.481 e. The molecule has 0 saturated heterocycles. The molecule has 0 saturated carbocycles. The summed E-state index contributed by atoms with van der Waals surface area (Å²) in [6.45, 7) is 0.396. The number of rotatable bonds is 17. The molecule has 11 N–H and O–H groups in total. The summed E-state index contributed by atoms with van der Waals surface area (Å²) in [5.74, 6) is -7.40. The molecule has 16 nitrogen and oxygen atoms in total. The number of aromatic amines is 1. The highest BCUT2D eigenvalue weighted by molar-refractivity contribution is 5.96. The summed E-state index contributed by atoms with van der Waals surface area (Å²) in [4.78, 5) is 78.0. The van der Waals surface area contributed by atoms with Gasteiger partial charge < -0.3 is 47.7 Å². The van der Waals surface area contributed by atoms with Gasteiger partial charge in [-0.05, 0) is 19.4 Å². The lowest BCUT2D eigenvalue weighted by atomic mass is 10.1. The molecule has 0 aliphatic heterocycles. The van der Waals surface area contributed by atoms with Gasteiger partial charge in [0.15, 0.2) is 0 Å². The molecule has 16 heteroatoms. The lowest BCUT2D eigenvalue weighted by molar-refractivity contribution is -0.147. The maximum Gasteiger partial charge on any atom is 0.326 e. The fourth-order valence-corrected chi connectivity index (χ4v) is 3.05. The third-order valence-corrected chi connectivity index (χ3v) is 4.92. The molecule has 0 fully saturated rings. The summed E-state index contributed by atoms with van der Waals surface area (Å²) in [6.07, 6.45) is 2.02. The zero-order chi connectivity index (χ0) is 27.3. The van der Waals surface area contributed by atoms with Crippen LogP contribution in [0.2, 0.25) is 0 Å². The topological polar surface area (TPSA) is 280 Å². The van der Waals surface area contributed by atoms with Gasteiger partial charge in [-0.25, -0.2) is 9.78 Å². The third kappa shape index (κ3) is 10.9. The minimum atomic E-state index is -1.79. The number of imidazole rings is 1.